The molecule has 1 aliphatic heterocycles. The number of rotatable bonds is 3. The zero-order chi connectivity index (χ0) is 11.2. The summed E-state index contributed by atoms with van der Waals surface area (Å²) in [6.07, 6.45) is 4.98. The third-order valence-corrected chi connectivity index (χ3v) is 2.80. The van der Waals surface area contributed by atoms with Crippen molar-refractivity contribution in [3.63, 3.8) is 0 Å². The Morgan fingerprint density at radius 3 is 2.83 bits per heavy atom. The molecular formula is C12H19Cl2N3O. The topological polar surface area (TPSA) is 54.0 Å². The first-order chi connectivity index (χ1) is 7.86. The van der Waals surface area contributed by atoms with Gasteiger partial charge in [-0.25, -0.2) is 0 Å². The SMILES string of the molecule is Cl.Cl.O=C(NCc1ccccn1)[C@H]1CCCCN1. The first kappa shape index (κ1) is 17.2. The van der Waals surface area contributed by atoms with Crippen molar-refractivity contribution in [1.29, 1.82) is 0 Å². The lowest BCUT2D eigenvalue weighted by molar-refractivity contribution is -0.123. The van der Waals surface area contributed by atoms with Crippen LogP contribution in [0.5, 0.6) is 0 Å². The summed E-state index contributed by atoms with van der Waals surface area (Å²) in [5.41, 5.74) is 0.895. The van der Waals surface area contributed by atoms with Gasteiger partial charge in [-0.15, -0.1) is 24.8 Å². The average molecular weight is 292 g/mol. The molecule has 1 aromatic heterocycles. The van der Waals surface area contributed by atoms with Crippen LogP contribution in [0.25, 0.3) is 0 Å². The Kier molecular flexibility index (Phi) is 8.71. The monoisotopic (exact) mass is 291 g/mol. The van der Waals surface area contributed by atoms with Gasteiger partial charge in [-0.2, -0.15) is 0 Å². The lowest BCUT2D eigenvalue weighted by atomic mass is 10.0. The molecule has 102 valence electrons. The van der Waals surface area contributed by atoms with Crippen molar-refractivity contribution >= 4 is 30.7 Å². The lowest BCUT2D eigenvalue weighted by Gasteiger charge is -2.22. The number of hydrogen-bond donors (Lipinski definition) is 2. The Balaban J connectivity index is 0.00000144. The van der Waals surface area contributed by atoms with Crippen molar-refractivity contribution in [2.75, 3.05) is 6.54 Å². The molecule has 2 heterocycles. The standard InChI is InChI=1S/C12H17N3O.2ClH/c16-12(11-6-2-4-8-14-11)15-9-10-5-1-3-7-13-10;;/h1,3,5,7,11,14H,2,4,6,8-9H2,(H,15,16);2*1H/t11-;;/m1../s1. The van der Waals surface area contributed by atoms with Gasteiger partial charge >= 0.3 is 0 Å². The Hall–Kier alpha value is -0.840. The zero-order valence-electron chi connectivity index (χ0n) is 10.1. The molecule has 1 atom stereocenters. The highest BCUT2D eigenvalue weighted by molar-refractivity contribution is 5.85. The van der Waals surface area contributed by atoms with Crippen LogP contribution in [0.1, 0.15) is 25.0 Å². The fourth-order valence-corrected chi connectivity index (χ4v) is 1.88. The van der Waals surface area contributed by atoms with E-state index in [1.807, 2.05) is 18.2 Å². The molecule has 0 aromatic carbocycles. The van der Waals surface area contributed by atoms with Gasteiger partial charge in [0.1, 0.15) is 0 Å². The Morgan fingerprint density at radius 2 is 2.22 bits per heavy atom. The number of piperidine rings is 1. The largest absolute Gasteiger partial charge is 0.349 e. The average Bonchev–Trinajstić information content (AvgIpc) is 2.38. The van der Waals surface area contributed by atoms with E-state index in [-0.39, 0.29) is 36.8 Å². The molecule has 18 heavy (non-hydrogen) atoms. The van der Waals surface area contributed by atoms with Crippen molar-refractivity contribution in [2.45, 2.75) is 31.8 Å². The molecule has 0 saturated carbocycles. The number of hydrogen-bond acceptors (Lipinski definition) is 3. The number of carbonyl (C=O) groups is 1. The molecule has 4 nitrogen and oxygen atoms in total. The number of amides is 1. The van der Waals surface area contributed by atoms with Crippen LogP contribution in [0.3, 0.4) is 0 Å². The highest BCUT2D eigenvalue weighted by Gasteiger charge is 2.19. The first-order valence-corrected chi connectivity index (χ1v) is 5.77. The van der Waals surface area contributed by atoms with E-state index in [4.69, 9.17) is 0 Å². The van der Waals surface area contributed by atoms with Crippen LogP contribution >= 0.6 is 24.8 Å². The molecule has 1 saturated heterocycles. The van der Waals surface area contributed by atoms with Crippen molar-refractivity contribution in [3.05, 3.63) is 30.1 Å². The quantitative estimate of drug-likeness (QED) is 0.891. The highest BCUT2D eigenvalue weighted by atomic mass is 35.5. The molecule has 0 aliphatic carbocycles. The minimum absolute atomic E-state index is 0. The van der Waals surface area contributed by atoms with Gasteiger partial charge in [-0.05, 0) is 31.5 Å². The van der Waals surface area contributed by atoms with Crippen LogP contribution in [-0.4, -0.2) is 23.5 Å². The summed E-state index contributed by atoms with van der Waals surface area (Å²) >= 11 is 0. The molecular weight excluding hydrogens is 273 g/mol. The van der Waals surface area contributed by atoms with Gasteiger partial charge in [-0.1, -0.05) is 12.5 Å². The number of aromatic nitrogens is 1. The summed E-state index contributed by atoms with van der Waals surface area (Å²) in [4.78, 5) is 15.9. The fourth-order valence-electron chi connectivity index (χ4n) is 1.88. The van der Waals surface area contributed by atoms with E-state index in [0.29, 0.717) is 6.54 Å². The summed E-state index contributed by atoms with van der Waals surface area (Å²) < 4.78 is 0. The number of carbonyl (C=O) groups excluding carboxylic acids is 1. The minimum atomic E-state index is -0.0162. The van der Waals surface area contributed by atoms with E-state index in [9.17, 15) is 4.79 Å². The molecule has 0 radical (unpaired) electrons. The summed E-state index contributed by atoms with van der Waals surface area (Å²) in [5.74, 6) is 0.0883. The van der Waals surface area contributed by atoms with Gasteiger partial charge in [-0.3, -0.25) is 9.78 Å². The van der Waals surface area contributed by atoms with E-state index in [1.54, 1.807) is 6.20 Å². The molecule has 6 heteroatoms. The summed E-state index contributed by atoms with van der Waals surface area (Å²) in [6, 6.07) is 5.69. The molecule has 1 amide bonds. The third kappa shape index (κ3) is 5.21. The number of pyridine rings is 1. The molecule has 0 spiro atoms. The van der Waals surface area contributed by atoms with E-state index in [1.165, 1.54) is 6.42 Å². The minimum Gasteiger partial charge on any atom is -0.349 e. The second-order valence-corrected chi connectivity index (χ2v) is 4.04. The van der Waals surface area contributed by atoms with Crippen molar-refractivity contribution < 1.29 is 4.79 Å². The fraction of sp³-hybridized carbons (Fsp3) is 0.500. The smallest absolute Gasteiger partial charge is 0.237 e. The maximum absolute atomic E-state index is 11.8. The highest BCUT2D eigenvalue weighted by Crippen LogP contribution is 2.06. The van der Waals surface area contributed by atoms with Gasteiger partial charge in [0, 0.05) is 6.20 Å². The van der Waals surface area contributed by atoms with Gasteiger partial charge in [0.25, 0.3) is 0 Å². The summed E-state index contributed by atoms with van der Waals surface area (Å²) in [5, 5.41) is 6.13. The normalized spacial score (nSPS) is 18.1. The molecule has 1 aromatic rings. The van der Waals surface area contributed by atoms with Crippen molar-refractivity contribution in [2.24, 2.45) is 0 Å². The van der Waals surface area contributed by atoms with E-state index in [2.05, 4.69) is 15.6 Å². The third-order valence-electron chi connectivity index (χ3n) is 2.80. The Morgan fingerprint density at radius 1 is 1.39 bits per heavy atom. The maximum Gasteiger partial charge on any atom is 0.237 e. The second kappa shape index (κ2) is 9.14. The number of halogens is 2. The molecule has 1 fully saturated rings. The summed E-state index contributed by atoms with van der Waals surface area (Å²) in [7, 11) is 0. The van der Waals surface area contributed by atoms with Crippen LogP contribution in [0.4, 0.5) is 0 Å². The predicted octanol–water partition coefficient (Wildman–Crippen LogP) is 1.68. The van der Waals surface area contributed by atoms with Gasteiger partial charge in [0.2, 0.25) is 5.91 Å². The van der Waals surface area contributed by atoms with Gasteiger partial charge in [0.05, 0.1) is 18.3 Å². The Bertz CT molecular complexity index is 342. The van der Waals surface area contributed by atoms with E-state index in [0.717, 1.165) is 25.1 Å². The second-order valence-electron chi connectivity index (χ2n) is 4.04. The number of nitrogens with zero attached hydrogens (tertiary/aromatic N) is 1. The lowest BCUT2D eigenvalue weighted by Crippen LogP contribution is -2.46. The molecule has 0 unspecified atom stereocenters. The molecule has 2 rings (SSSR count). The predicted molar refractivity (Wildman–Crippen MR) is 76.2 cm³/mol. The Labute approximate surface area is 120 Å². The summed E-state index contributed by atoms with van der Waals surface area (Å²) in [6.45, 7) is 1.46. The van der Waals surface area contributed by atoms with Crippen LogP contribution in [0.2, 0.25) is 0 Å². The van der Waals surface area contributed by atoms with Crippen LogP contribution in [-0.2, 0) is 11.3 Å². The van der Waals surface area contributed by atoms with Gasteiger partial charge < -0.3 is 10.6 Å². The van der Waals surface area contributed by atoms with E-state index >= 15 is 0 Å². The maximum atomic E-state index is 11.8. The zero-order valence-corrected chi connectivity index (χ0v) is 11.7. The first-order valence-electron chi connectivity index (χ1n) is 5.77. The van der Waals surface area contributed by atoms with Crippen molar-refractivity contribution in [3.8, 4) is 0 Å². The number of nitrogens with one attached hydrogen (secondary N) is 2. The van der Waals surface area contributed by atoms with Crippen LogP contribution in [0.15, 0.2) is 24.4 Å². The van der Waals surface area contributed by atoms with Crippen LogP contribution in [0, 0.1) is 0 Å². The van der Waals surface area contributed by atoms with Gasteiger partial charge in [0.15, 0.2) is 0 Å². The molecule has 0 bridgehead atoms. The van der Waals surface area contributed by atoms with E-state index < -0.39 is 0 Å². The van der Waals surface area contributed by atoms with Crippen LogP contribution < -0.4 is 10.6 Å². The van der Waals surface area contributed by atoms with Crippen molar-refractivity contribution in [1.82, 2.24) is 15.6 Å². The molecule has 2 N–H and O–H groups in total. The molecule has 1 aliphatic rings.